The standard InChI is InChI=1S/C12H19NO3/c1-12(2)6-9(12)13-10(14)7-3-4-8(5-7)11(15)16/h7-9H,3-6H2,1-2H3,(H,13,14)(H,15,16)/t7-,8+,9?/m1/s1. The Hall–Kier alpha value is -1.06. The molecule has 1 unspecified atom stereocenters. The normalized spacial score (nSPS) is 35.8. The fraction of sp³-hybridized carbons (Fsp3) is 0.833. The number of carboxylic acids is 1. The molecule has 2 rings (SSSR count). The molecule has 0 saturated heterocycles. The Bertz CT molecular complexity index is 324. The Morgan fingerprint density at radius 3 is 2.25 bits per heavy atom. The van der Waals surface area contributed by atoms with Gasteiger partial charge in [-0.25, -0.2) is 0 Å². The van der Waals surface area contributed by atoms with Crippen molar-refractivity contribution in [2.75, 3.05) is 0 Å². The first-order valence-electron chi connectivity index (χ1n) is 5.93. The molecule has 0 radical (unpaired) electrons. The highest BCUT2D eigenvalue weighted by Crippen LogP contribution is 2.45. The van der Waals surface area contributed by atoms with E-state index in [0.29, 0.717) is 18.9 Å². The fourth-order valence-corrected chi connectivity index (χ4v) is 2.45. The van der Waals surface area contributed by atoms with Gasteiger partial charge in [-0.05, 0) is 31.1 Å². The van der Waals surface area contributed by atoms with Crippen molar-refractivity contribution < 1.29 is 14.7 Å². The molecular formula is C12H19NO3. The first kappa shape index (κ1) is 11.4. The summed E-state index contributed by atoms with van der Waals surface area (Å²) in [5.74, 6) is -1.11. The largest absolute Gasteiger partial charge is 0.481 e. The maximum Gasteiger partial charge on any atom is 0.306 e. The van der Waals surface area contributed by atoms with Crippen molar-refractivity contribution in [3.05, 3.63) is 0 Å². The molecule has 4 heteroatoms. The maximum absolute atomic E-state index is 11.8. The zero-order valence-corrected chi connectivity index (χ0v) is 9.82. The van der Waals surface area contributed by atoms with Gasteiger partial charge in [0.2, 0.25) is 5.91 Å². The molecule has 90 valence electrons. The van der Waals surface area contributed by atoms with E-state index < -0.39 is 5.97 Å². The number of aliphatic carboxylic acids is 1. The Morgan fingerprint density at radius 1 is 1.25 bits per heavy atom. The summed E-state index contributed by atoms with van der Waals surface area (Å²) in [5.41, 5.74) is 0.237. The van der Waals surface area contributed by atoms with Crippen molar-refractivity contribution in [3.63, 3.8) is 0 Å². The Kier molecular flexibility index (Phi) is 2.68. The van der Waals surface area contributed by atoms with Gasteiger partial charge in [0.1, 0.15) is 0 Å². The first-order valence-corrected chi connectivity index (χ1v) is 5.93. The summed E-state index contributed by atoms with van der Waals surface area (Å²) in [5, 5.41) is 11.9. The monoisotopic (exact) mass is 225 g/mol. The lowest BCUT2D eigenvalue weighted by molar-refractivity contribution is -0.141. The van der Waals surface area contributed by atoms with E-state index in [1.54, 1.807) is 0 Å². The van der Waals surface area contributed by atoms with Gasteiger partial charge in [0.15, 0.2) is 0 Å². The molecule has 3 atom stereocenters. The topological polar surface area (TPSA) is 66.4 Å². The van der Waals surface area contributed by atoms with Gasteiger partial charge >= 0.3 is 5.97 Å². The van der Waals surface area contributed by atoms with Gasteiger partial charge in [-0.2, -0.15) is 0 Å². The Balaban J connectivity index is 1.81. The molecule has 0 aromatic rings. The molecule has 0 aromatic carbocycles. The van der Waals surface area contributed by atoms with Crippen LogP contribution in [0.5, 0.6) is 0 Å². The van der Waals surface area contributed by atoms with Gasteiger partial charge < -0.3 is 10.4 Å². The van der Waals surface area contributed by atoms with E-state index in [0.717, 1.165) is 12.8 Å². The molecule has 0 aliphatic heterocycles. The average Bonchev–Trinajstić information content (AvgIpc) is 2.68. The smallest absolute Gasteiger partial charge is 0.306 e. The van der Waals surface area contributed by atoms with Crippen molar-refractivity contribution in [2.45, 2.75) is 45.6 Å². The van der Waals surface area contributed by atoms with E-state index in [-0.39, 0.29) is 23.2 Å². The van der Waals surface area contributed by atoms with Crippen LogP contribution in [0.1, 0.15) is 39.5 Å². The lowest BCUT2D eigenvalue weighted by Crippen LogP contribution is -2.33. The second-order valence-electron chi connectivity index (χ2n) is 5.80. The summed E-state index contributed by atoms with van der Waals surface area (Å²) in [6.45, 7) is 4.26. The van der Waals surface area contributed by atoms with E-state index in [1.165, 1.54) is 0 Å². The molecule has 0 aromatic heterocycles. The van der Waals surface area contributed by atoms with Crippen LogP contribution in [0.2, 0.25) is 0 Å². The number of hydrogen-bond acceptors (Lipinski definition) is 2. The number of rotatable bonds is 3. The van der Waals surface area contributed by atoms with E-state index in [1.807, 2.05) is 0 Å². The third-order valence-corrected chi connectivity index (χ3v) is 3.98. The number of carbonyl (C=O) groups excluding carboxylic acids is 1. The van der Waals surface area contributed by atoms with Crippen molar-refractivity contribution >= 4 is 11.9 Å². The number of carbonyl (C=O) groups is 2. The van der Waals surface area contributed by atoms with E-state index >= 15 is 0 Å². The lowest BCUT2D eigenvalue weighted by atomic mass is 10.0. The van der Waals surface area contributed by atoms with Gasteiger partial charge in [-0.3, -0.25) is 9.59 Å². The van der Waals surface area contributed by atoms with Gasteiger partial charge in [0.05, 0.1) is 5.92 Å². The third kappa shape index (κ3) is 2.20. The molecule has 2 saturated carbocycles. The van der Waals surface area contributed by atoms with Crippen LogP contribution in [0.3, 0.4) is 0 Å². The van der Waals surface area contributed by atoms with E-state index in [2.05, 4.69) is 19.2 Å². The Morgan fingerprint density at radius 2 is 1.81 bits per heavy atom. The summed E-state index contributed by atoms with van der Waals surface area (Å²) in [6.07, 6.45) is 2.90. The van der Waals surface area contributed by atoms with Gasteiger partial charge in [-0.1, -0.05) is 13.8 Å². The quantitative estimate of drug-likeness (QED) is 0.763. The van der Waals surface area contributed by atoms with Crippen LogP contribution >= 0.6 is 0 Å². The zero-order chi connectivity index (χ0) is 11.9. The van der Waals surface area contributed by atoms with Crippen LogP contribution in [0, 0.1) is 17.3 Å². The summed E-state index contributed by atoms with van der Waals surface area (Å²) in [6, 6.07) is 0.295. The minimum atomic E-state index is -0.762. The molecule has 0 bridgehead atoms. The van der Waals surface area contributed by atoms with Crippen LogP contribution < -0.4 is 5.32 Å². The van der Waals surface area contributed by atoms with Crippen molar-refractivity contribution in [3.8, 4) is 0 Å². The fourth-order valence-electron chi connectivity index (χ4n) is 2.45. The van der Waals surface area contributed by atoms with Crippen molar-refractivity contribution in [2.24, 2.45) is 17.3 Å². The molecule has 0 spiro atoms. The minimum absolute atomic E-state index is 0.0549. The average molecular weight is 225 g/mol. The number of hydrogen-bond donors (Lipinski definition) is 2. The number of amides is 1. The summed E-state index contributed by atoms with van der Waals surface area (Å²) < 4.78 is 0. The van der Waals surface area contributed by atoms with Gasteiger partial charge in [0, 0.05) is 12.0 Å². The molecule has 2 aliphatic rings. The second-order valence-corrected chi connectivity index (χ2v) is 5.80. The second kappa shape index (κ2) is 3.75. The van der Waals surface area contributed by atoms with Crippen LogP contribution in [-0.2, 0) is 9.59 Å². The molecule has 2 N–H and O–H groups in total. The molecule has 4 nitrogen and oxygen atoms in total. The van der Waals surface area contributed by atoms with Crippen LogP contribution in [-0.4, -0.2) is 23.0 Å². The lowest BCUT2D eigenvalue weighted by Gasteiger charge is -2.11. The number of carboxylic acid groups (broad SMARTS) is 1. The van der Waals surface area contributed by atoms with E-state index in [9.17, 15) is 9.59 Å². The third-order valence-electron chi connectivity index (χ3n) is 3.98. The summed E-state index contributed by atoms with van der Waals surface area (Å²) in [4.78, 5) is 22.6. The van der Waals surface area contributed by atoms with Gasteiger partial charge in [0.25, 0.3) is 0 Å². The van der Waals surface area contributed by atoms with Crippen LogP contribution in [0.25, 0.3) is 0 Å². The highest BCUT2D eigenvalue weighted by atomic mass is 16.4. The minimum Gasteiger partial charge on any atom is -0.481 e. The molecule has 1 amide bonds. The van der Waals surface area contributed by atoms with Crippen molar-refractivity contribution in [1.82, 2.24) is 5.32 Å². The maximum atomic E-state index is 11.8. The molecule has 2 aliphatic carbocycles. The first-order chi connectivity index (χ1) is 7.40. The zero-order valence-electron chi connectivity index (χ0n) is 9.82. The molecule has 0 heterocycles. The predicted molar refractivity (Wildman–Crippen MR) is 58.8 cm³/mol. The SMILES string of the molecule is CC1(C)CC1NC(=O)[C@@H]1CC[C@H](C(=O)O)C1. The highest BCUT2D eigenvalue weighted by Gasteiger charge is 2.47. The van der Waals surface area contributed by atoms with E-state index in [4.69, 9.17) is 5.11 Å². The summed E-state index contributed by atoms with van der Waals surface area (Å²) in [7, 11) is 0. The molecule has 16 heavy (non-hydrogen) atoms. The van der Waals surface area contributed by atoms with Gasteiger partial charge in [-0.15, -0.1) is 0 Å². The predicted octanol–water partition coefficient (Wildman–Crippen LogP) is 1.40. The van der Waals surface area contributed by atoms with Crippen molar-refractivity contribution in [1.29, 1.82) is 0 Å². The number of nitrogens with one attached hydrogen (secondary N) is 1. The van der Waals surface area contributed by atoms with Crippen LogP contribution in [0.4, 0.5) is 0 Å². The summed E-state index contributed by atoms with van der Waals surface area (Å²) >= 11 is 0. The highest BCUT2D eigenvalue weighted by molar-refractivity contribution is 5.81. The molecule has 2 fully saturated rings. The Labute approximate surface area is 95.4 Å². The van der Waals surface area contributed by atoms with Crippen LogP contribution in [0.15, 0.2) is 0 Å². The molecular weight excluding hydrogens is 206 g/mol.